The van der Waals surface area contributed by atoms with Crippen molar-refractivity contribution < 1.29 is 22.7 Å². The molecule has 6 heteroatoms. The van der Waals surface area contributed by atoms with Gasteiger partial charge in [0.25, 0.3) is 0 Å². The second-order valence-corrected chi connectivity index (χ2v) is 4.38. The predicted molar refractivity (Wildman–Crippen MR) is 64.3 cm³/mol. The molecule has 1 rings (SSSR count). The number of Topliss-reactive ketones (excluding diaryl/α,β-unsaturated/α-hetero) is 1. The molecule has 0 aromatic carbocycles. The summed E-state index contributed by atoms with van der Waals surface area (Å²) in [6.07, 6.45) is -4.45. The number of hydrogen-bond acceptors (Lipinski definition) is 3. The minimum atomic E-state index is -4.30. The number of aromatic nitrogens is 1. The number of methoxy groups -OCH3 is 1. The lowest BCUT2D eigenvalue weighted by Crippen LogP contribution is -2.13. The van der Waals surface area contributed by atoms with Crippen LogP contribution < -0.4 is 4.74 Å². The Labute approximate surface area is 109 Å². The number of pyridine rings is 1. The molecule has 0 atom stereocenters. The molecule has 106 valence electrons. The third-order valence-corrected chi connectivity index (χ3v) is 2.80. The molecule has 0 bridgehead atoms. The summed E-state index contributed by atoms with van der Waals surface area (Å²) in [5.74, 6) is 0.146. The van der Waals surface area contributed by atoms with Gasteiger partial charge in [0.2, 0.25) is 0 Å². The van der Waals surface area contributed by atoms with Gasteiger partial charge in [-0.3, -0.25) is 9.78 Å². The lowest BCUT2D eigenvalue weighted by atomic mass is 10.0. The van der Waals surface area contributed by atoms with E-state index in [0.29, 0.717) is 17.0 Å². The molecule has 0 N–H and O–H groups in total. The maximum absolute atomic E-state index is 12.0. The minimum Gasteiger partial charge on any atom is -0.496 e. The molecular formula is C13H16F3NO2. The van der Waals surface area contributed by atoms with Crippen LogP contribution in [0.25, 0.3) is 0 Å². The van der Waals surface area contributed by atoms with Gasteiger partial charge in [0.15, 0.2) is 0 Å². The number of nitrogens with zero attached hydrogens (tertiary/aromatic N) is 1. The van der Waals surface area contributed by atoms with Crippen LogP contribution in [0, 0.1) is 13.8 Å². The van der Waals surface area contributed by atoms with Crippen LogP contribution in [-0.4, -0.2) is 24.1 Å². The first-order chi connectivity index (χ1) is 8.74. The lowest BCUT2D eigenvalue weighted by molar-refractivity contribution is -0.143. The summed E-state index contributed by atoms with van der Waals surface area (Å²) >= 11 is 0. The molecule has 1 heterocycles. The predicted octanol–water partition coefficient (Wildman–Crippen LogP) is 3.16. The van der Waals surface area contributed by atoms with Crippen molar-refractivity contribution in [3.05, 3.63) is 23.0 Å². The van der Waals surface area contributed by atoms with E-state index in [9.17, 15) is 18.0 Å². The van der Waals surface area contributed by atoms with Crippen molar-refractivity contribution in [1.29, 1.82) is 0 Å². The van der Waals surface area contributed by atoms with Crippen molar-refractivity contribution in [3.63, 3.8) is 0 Å². The first kappa shape index (κ1) is 15.5. The molecule has 3 nitrogen and oxygen atoms in total. The summed E-state index contributed by atoms with van der Waals surface area (Å²) in [5, 5.41) is 0. The second kappa shape index (κ2) is 6.04. The van der Waals surface area contributed by atoms with Crippen LogP contribution in [0.15, 0.2) is 6.20 Å². The van der Waals surface area contributed by atoms with Crippen molar-refractivity contribution in [2.75, 3.05) is 7.11 Å². The molecule has 0 aliphatic carbocycles. The van der Waals surface area contributed by atoms with Gasteiger partial charge < -0.3 is 4.74 Å². The number of rotatable bonds is 5. The first-order valence-corrected chi connectivity index (χ1v) is 5.82. The van der Waals surface area contributed by atoms with Crippen LogP contribution in [-0.2, 0) is 11.2 Å². The molecule has 1 aromatic rings. The van der Waals surface area contributed by atoms with Gasteiger partial charge in [-0.15, -0.1) is 0 Å². The van der Waals surface area contributed by atoms with Crippen molar-refractivity contribution in [1.82, 2.24) is 4.98 Å². The van der Waals surface area contributed by atoms with E-state index in [-0.39, 0.29) is 6.42 Å². The van der Waals surface area contributed by atoms with E-state index in [1.807, 2.05) is 6.92 Å². The molecule has 1 aromatic heterocycles. The summed E-state index contributed by atoms with van der Waals surface area (Å²) in [5.41, 5.74) is 1.99. The molecule has 0 aliphatic rings. The average Bonchev–Trinajstić information content (AvgIpc) is 2.30. The van der Waals surface area contributed by atoms with E-state index in [4.69, 9.17) is 4.74 Å². The third-order valence-electron chi connectivity index (χ3n) is 2.80. The Morgan fingerprint density at radius 3 is 2.53 bits per heavy atom. The van der Waals surface area contributed by atoms with E-state index < -0.39 is 24.8 Å². The van der Waals surface area contributed by atoms with Gasteiger partial charge in [-0.05, 0) is 13.8 Å². The van der Waals surface area contributed by atoms with E-state index in [1.54, 1.807) is 13.1 Å². The highest BCUT2D eigenvalue weighted by atomic mass is 19.4. The molecule has 0 aliphatic heterocycles. The summed E-state index contributed by atoms with van der Waals surface area (Å²) in [4.78, 5) is 15.6. The zero-order valence-electron chi connectivity index (χ0n) is 11.1. The van der Waals surface area contributed by atoms with Gasteiger partial charge in [0.05, 0.1) is 19.2 Å². The Hall–Kier alpha value is -1.59. The summed E-state index contributed by atoms with van der Waals surface area (Å²) in [6.45, 7) is 3.55. The third kappa shape index (κ3) is 4.54. The Balaban J connectivity index is 2.75. The molecule has 0 radical (unpaired) electrons. The van der Waals surface area contributed by atoms with Crippen LogP contribution in [0.5, 0.6) is 5.75 Å². The van der Waals surface area contributed by atoms with E-state index in [1.165, 1.54) is 7.11 Å². The van der Waals surface area contributed by atoms with Crippen LogP contribution in [0.4, 0.5) is 13.2 Å². The zero-order chi connectivity index (χ0) is 14.6. The monoisotopic (exact) mass is 275 g/mol. The number of carbonyl (C=O) groups excluding carboxylic acids is 1. The Bertz CT molecular complexity index is 470. The number of aryl methyl sites for hydroxylation is 1. The highest BCUT2D eigenvalue weighted by Crippen LogP contribution is 2.25. The molecule has 19 heavy (non-hydrogen) atoms. The number of ether oxygens (including phenoxy) is 1. The van der Waals surface area contributed by atoms with Gasteiger partial charge in [-0.1, -0.05) is 0 Å². The Morgan fingerprint density at radius 2 is 2.00 bits per heavy atom. The topological polar surface area (TPSA) is 39.2 Å². The van der Waals surface area contributed by atoms with Crippen molar-refractivity contribution in [3.8, 4) is 5.75 Å². The fraction of sp³-hybridized carbons (Fsp3) is 0.538. The van der Waals surface area contributed by atoms with Crippen molar-refractivity contribution in [2.45, 2.75) is 39.3 Å². The van der Waals surface area contributed by atoms with Crippen molar-refractivity contribution in [2.24, 2.45) is 0 Å². The summed E-state index contributed by atoms with van der Waals surface area (Å²) < 4.78 is 41.2. The average molecular weight is 275 g/mol. The zero-order valence-corrected chi connectivity index (χ0v) is 11.1. The van der Waals surface area contributed by atoms with E-state index in [0.717, 1.165) is 5.56 Å². The van der Waals surface area contributed by atoms with Crippen molar-refractivity contribution >= 4 is 5.78 Å². The van der Waals surface area contributed by atoms with Crippen LogP contribution >= 0.6 is 0 Å². The summed E-state index contributed by atoms with van der Waals surface area (Å²) in [6, 6.07) is 0. The standard InChI is InChI=1S/C13H16F3NO2/c1-8-7-17-11(9(2)12(8)19-3)6-10(18)4-5-13(14,15)16/h7H,4-6H2,1-3H3. The number of hydrogen-bond donors (Lipinski definition) is 0. The quantitative estimate of drug-likeness (QED) is 0.828. The molecule has 0 saturated heterocycles. The fourth-order valence-corrected chi connectivity index (χ4v) is 1.81. The van der Waals surface area contributed by atoms with E-state index >= 15 is 0 Å². The highest BCUT2D eigenvalue weighted by molar-refractivity contribution is 5.81. The molecule has 0 amide bonds. The number of alkyl halides is 3. The number of carbonyl (C=O) groups is 1. The lowest BCUT2D eigenvalue weighted by Gasteiger charge is -2.12. The second-order valence-electron chi connectivity index (χ2n) is 4.38. The van der Waals surface area contributed by atoms with Crippen LogP contribution in [0.2, 0.25) is 0 Å². The smallest absolute Gasteiger partial charge is 0.389 e. The Kier molecular flexibility index (Phi) is 4.91. The van der Waals surface area contributed by atoms with Gasteiger partial charge in [-0.2, -0.15) is 13.2 Å². The molecule has 0 unspecified atom stereocenters. The highest BCUT2D eigenvalue weighted by Gasteiger charge is 2.28. The van der Waals surface area contributed by atoms with Crippen LogP contribution in [0.1, 0.15) is 29.7 Å². The minimum absolute atomic E-state index is 0.0987. The largest absolute Gasteiger partial charge is 0.496 e. The number of ketones is 1. The van der Waals surface area contributed by atoms with Gasteiger partial charge in [0.1, 0.15) is 11.5 Å². The first-order valence-electron chi connectivity index (χ1n) is 5.82. The molecule has 0 fully saturated rings. The van der Waals surface area contributed by atoms with Gasteiger partial charge >= 0.3 is 6.18 Å². The van der Waals surface area contributed by atoms with Gasteiger partial charge in [-0.25, -0.2) is 0 Å². The Morgan fingerprint density at radius 1 is 1.37 bits per heavy atom. The SMILES string of the molecule is COc1c(C)cnc(CC(=O)CCC(F)(F)F)c1C. The molecular weight excluding hydrogens is 259 g/mol. The summed E-state index contributed by atoms with van der Waals surface area (Å²) in [7, 11) is 1.50. The number of halogens is 3. The normalized spacial score (nSPS) is 11.5. The van der Waals surface area contributed by atoms with E-state index in [2.05, 4.69) is 4.98 Å². The maximum atomic E-state index is 12.0. The maximum Gasteiger partial charge on any atom is 0.389 e. The van der Waals surface area contributed by atoms with Gasteiger partial charge in [0, 0.05) is 30.2 Å². The molecule has 0 saturated carbocycles. The fourth-order valence-electron chi connectivity index (χ4n) is 1.81. The van der Waals surface area contributed by atoms with Crippen LogP contribution in [0.3, 0.4) is 0 Å². The molecule has 0 spiro atoms.